The highest BCUT2D eigenvalue weighted by molar-refractivity contribution is 6.32. The zero-order valence-corrected chi connectivity index (χ0v) is 11.6. The van der Waals surface area contributed by atoms with E-state index in [1.54, 1.807) is 6.20 Å². The van der Waals surface area contributed by atoms with Crippen LogP contribution in [-0.2, 0) is 0 Å². The zero-order valence-electron chi connectivity index (χ0n) is 10.8. The van der Waals surface area contributed by atoms with Gasteiger partial charge in [0.15, 0.2) is 5.82 Å². The summed E-state index contributed by atoms with van der Waals surface area (Å²) in [5.41, 5.74) is 2.48. The molecule has 0 bridgehead atoms. The topological polar surface area (TPSA) is 70.3 Å². The van der Waals surface area contributed by atoms with E-state index in [-0.39, 0.29) is 0 Å². The van der Waals surface area contributed by atoms with E-state index in [1.165, 1.54) is 25.9 Å². The van der Waals surface area contributed by atoms with Crippen molar-refractivity contribution in [3.63, 3.8) is 0 Å². The Kier molecular flexibility index (Phi) is 3.72. The van der Waals surface area contributed by atoms with Crippen molar-refractivity contribution in [2.75, 3.05) is 36.5 Å². The molecular formula is C12H19ClN6. The lowest BCUT2D eigenvalue weighted by Gasteiger charge is -2.27. The second kappa shape index (κ2) is 5.48. The number of hydrogen-bond donors (Lipinski definition) is 2. The minimum atomic E-state index is 0.409. The van der Waals surface area contributed by atoms with Gasteiger partial charge in [-0.15, -0.1) is 0 Å². The summed E-state index contributed by atoms with van der Waals surface area (Å²) in [5, 5.41) is 0.588. The van der Waals surface area contributed by atoms with E-state index < -0.39 is 0 Å². The van der Waals surface area contributed by atoms with E-state index in [4.69, 9.17) is 17.4 Å². The van der Waals surface area contributed by atoms with Crippen LogP contribution in [0.2, 0.25) is 5.02 Å². The molecular weight excluding hydrogens is 264 g/mol. The number of nitrogens with zero attached hydrogens (tertiary/aromatic N) is 4. The maximum atomic E-state index is 6.23. The highest BCUT2D eigenvalue weighted by atomic mass is 35.5. The van der Waals surface area contributed by atoms with E-state index in [2.05, 4.69) is 25.2 Å². The van der Waals surface area contributed by atoms with E-state index in [0.29, 0.717) is 17.0 Å². The molecule has 2 aliphatic heterocycles. The van der Waals surface area contributed by atoms with Crippen LogP contribution in [0, 0.1) is 0 Å². The van der Waals surface area contributed by atoms with Gasteiger partial charge in [-0.25, -0.2) is 10.8 Å². The molecule has 2 aliphatic rings. The maximum absolute atomic E-state index is 6.23. The molecule has 19 heavy (non-hydrogen) atoms. The molecule has 104 valence electrons. The van der Waals surface area contributed by atoms with Gasteiger partial charge in [0.25, 0.3) is 0 Å². The fraction of sp³-hybridized carbons (Fsp3) is 0.667. The second-order valence-corrected chi connectivity index (χ2v) is 5.55. The monoisotopic (exact) mass is 282 g/mol. The molecule has 1 aromatic heterocycles. The third kappa shape index (κ3) is 2.61. The van der Waals surface area contributed by atoms with Gasteiger partial charge in [0.1, 0.15) is 5.02 Å². The lowest BCUT2D eigenvalue weighted by Crippen LogP contribution is -2.37. The quantitative estimate of drug-likeness (QED) is 0.625. The molecule has 0 saturated carbocycles. The van der Waals surface area contributed by atoms with Crippen LogP contribution in [0.3, 0.4) is 0 Å². The average molecular weight is 283 g/mol. The minimum absolute atomic E-state index is 0.409. The predicted molar refractivity (Wildman–Crippen MR) is 76.3 cm³/mol. The number of rotatable bonds is 2. The summed E-state index contributed by atoms with van der Waals surface area (Å²) in [6.07, 6.45) is 5.31. The molecule has 2 saturated heterocycles. The Balaban J connectivity index is 1.84. The fourth-order valence-electron chi connectivity index (χ4n) is 3.05. The molecule has 2 fully saturated rings. The molecule has 0 amide bonds. The molecule has 0 aromatic carbocycles. The van der Waals surface area contributed by atoms with Crippen molar-refractivity contribution >= 4 is 23.4 Å². The van der Waals surface area contributed by atoms with Crippen molar-refractivity contribution in [2.24, 2.45) is 5.84 Å². The van der Waals surface area contributed by atoms with Gasteiger partial charge in [0.2, 0.25) is 5.95 Å². The third-order valence-corrected chi connectivity index (χ3v) is 4.22. The van der Waals surface area contributed by atoms with Gasteiger partial charge in [-0.2, -0.15) is 4.98 Å². The smallest absolute Gasteiger partial charge is 0.239 e. The van der Waals surface area contributed by atoms with Crippen LogP contribution in [0.4, 0.5) is 11.8 Å². The normalized spacial score (nSPS) is 24.1. The number of hydrazine groups is 1. The van der Waals surface area contributed by atoms with Gasteiger partial charge in [-0.05, 0) is 25.8 Å². The largest absolute Gasteiger partial charge is 0.354 e. The van der Waals surface area contributed by atoms with Gasteiger partial charge in [-0.3, -0.25) is 10.3 Å². The van der Waals surface area contributed by atoms with Crippen LogP contribution in [0.15, 0.2) is 6.20 Å². The van der Waals surface area contributed by atoms with Crippen molar-refractivity contribution < 1.29 is 0 Å². The molecule has 0 aliphatic carbocycles. The van der Waals surface area contributed by atoms with Crippen LogP contribution in [-0.4, -0.2) is 47.1 Å². The number of fused-ring (bicyclic) bond motifs is 1. The number of halogens is 1. The summed E-state index contributed by atoms with van der Waals surface area (Å²) in [5.74, 6) is 6.57. The van der Waals surface area contributed by atoms with Crippen molar-refractivity contribution in [1.82, 2.24) is 14.9 Å². The number of anilines is 2. The van der Waals surface area contributed by atoms with Crippen molar-refractivity contribution in [3.05, 3.63) is 11.2 Å². The third-order valence-electron chi connectivity index (χ3n) is 3.96. The molecule has 7 heteroatoms. The number of hydrogen-bond acceptors (Lipinski definition) is 6. The summed E-state index contributed by atoms with van der Waals surface area (Å²) in [7, 11) is 0. The van der Waals surface area contributed by atoms with Crippen molar-refractivity contribution in [3.8, 4) is 0 Å². The van der Waals surface area contributed by atoms with E-state index in [1.807, 2.05) is 0 Å². The zero-order chi connectivity index (χ0) is 13.2. The second-order valence-electron chi connectivity index (χ2n) is 5.14. The molecule has 0 spiro atoms. The summed E-state index contributed by atoms with van der Waals surface area (Å²) >= 11 is 6.23. The molecule has 0 radical (unpaired) electrons. The SMILES string of the molecule is NNc1ncc(Cl)c(N2CCCN3CCCC3C2)n1. The first-order valence-corrected chi connectivity index (χ1v) is 7.14. The van der Waals surface area contributed by atoms with Crippen LogP contribution < -0.4 is 16.2 Å². The standard InChI is InChI=1S/C12H19ClN6/c13-10-7-15-12(17-14)16-11(10)19-6-2-5-18-4-1-3-9(18)8-19/h7,9H,1-6,8,14H2,(H,15,16,17). The van der Waals surface area contributed by atoms with Crippen LogP contribution in [0.5, 0.6) is 0 Å². The number of nitrogens with two attached hydrogens (primary N) is 1. The molecule has 1 aromatic rings. The molecule has 1 atom stereocenters. The van der Waals surface area contributed by atoms with Gasteiger partial charge < -0.3 is 4.90 Å². The molecule has 6 nitrogen and oxygen atoms in total. The fourth-order valence-corrected chi connectivity index (χ4v) is 3.26. The molecule has 3 N–H and O–H groups in total. The highest BCUT2D eigenvalue weighted by Crippen LogP contribution is 2.28. The van der Waals surface area contributed by atoms with E-state index in [0.717, 1.165) is 25.3 Å². The first kappa shape index (κ1) is 12.9. The lowest BCUT2D eigenvalue weighted by atomic mass is 10.2. The minimum Gasteiger partial charge on any atom is -0.354 e. The molecule has 3 heterocycles. The van der Waals surface area contributed by atoms with Gasteiger partial charge >= 0.3 is 0 Å². The Labute approximate surface area is 117 Å². The van der Waals surface area contributed by atoms with Crippen molar-refractivity contribution in [1.29, 1.82) is 0 Å². The molecule has 1 unspecified atom stereocenters. The van der Waals surface area contributed by atoms with E-state index >= 15 is 0 Å². The van der Waals surface area contributed by atoms with Crippen LogP contribution >= 0.6 is 11.6 Å². The van der Waals surface area contributed by atoms with E-state index in [9.17, 15) is 0 Å². The van der Waals surface area contributed by atoms with Gasteiger partial charge in [0.05, 0.1) is 6.20 Å². The Morgan fingerprint density at radius 1 is 1.32 bits per heavy atom. The van der Waals surface area contributed by atoms with Crippen molar-refractivity contribution in [2.45, 2.75) is 25.3 Å². The first-order chi connectivity index (χ1) is 9.28. The Hall–Kier alpha value is -1.11. The highest BCUT2D eigenvalue weighted by Gasteiger charge is 2.29. The van der Waals surface area contributed by atoms with Crippen LogP contribution in [0.25, 0.3) is 0 Å². The maximum Gasteiger partial charge on any atom is 0.239 e. The average Bonchev–Trinajstić information content (AvgIpc) is 2.77. The van der Waals surface area contributed by atoms with Crippen LogP contribution in [0.1, 0.15) is 19.3 Å². The summed E-state index contributed by atoms with van der Waals surface area (Å²) < 4.78 is 0. The molecule has 3 rings (SSSR count). The lowest BCUT2D eigenvalue weighted by molar-refractivity contribution is 0.273. The summed E-state index contributed by atoms with van der Waals surface area (Å²) in [6, 6.07) is 0.628. The number of aromatic nitrogens is 2. The first-order valence-electron chi connectivity index (χ1n) is 6.76. The number of nitrogen functional groups attached to an aromatic ring is 1. The predicted octanol–water partition coefficient (Wildman–Crippen LogP) is 1.09. The Morgan fingerprint density at radius 3 is 3.00 bits per heavy atom. The summed E-state index contributed by atoms with van der Waals surface area (Å²) in [6.45, 7) is 4.37. The van der Waals surface area contributed by atoms with Gasteiger partial charge in [0, 0.05) is 25.7 Å². The Morgan fingerprint density at radius 2 is 2.16 bits per heavy atom. The number of nitrogens with one attached hydrogen (secondary N) is 1. The van der Waals surface area contributed by atoms with Gasteiger partial charge in [-0.1, -0.05) is 11.6 Å². The summed E-state index contributed by atoms with van der Waals surface area (Å²) in [4.78, 5) is 13.3. The Bertz CT molecular complexity index is 454.